The molecule has 0 saturated carbocycles. The Morgan fingerprint density at radius 3 is 2.67 bits per heavy atom. The number of aryl methyl sites for hydroxylation is 1. The highest BCUT2D eigenvalue weighted by molar-refractivity contribution is 7.98. The largest absolute Gasteiger partial charge is 0.313 e. The topological polar surface area (TPSA) is 12.0 Å². The van der Waals surface area contributed by atoms with Gasteiger partial charge >= 0.3 is 0 Å². The minimum Gasteiger partial charge on any atom is -0.313 e. The van der Waals surface area contributed by atoms with Crippen molar-refractivity contribution < 1.29 is 4.39 Å². The lowest BCUT2D eigenvalue weighted by Crippen LogP contribution is -2.14. The van der Waals surface area contributed by atoms with E-state index in [1.807, 2.05) is 23.9 Å². The highest BCUT2D eigenvalue weighted by atomic mass is 32.2. The highest BCUT2D eigenvalue weighted by Gasteiger charge is 1.98. The fraction of sp³-hybridized carbons (Fsp3) is 0.600. The Bertz CT molecular complexity index is 341. The summed E-state index contributed by atoms with van der Waals surface area (Å²) in [5.74, 6) is 1.17. The van der Waals surface area contributed by atoms with Gasteiger partial charge in [0.1, 0.15) is 5.82 Å². The second kappa shape index (κ2) is 9.40. The van der Waals surface area contributed by atoms with Crippen molar-refractivity contribution in [1.82, 2.24) is 5.32 Å². The average Bonchev–Trinajstić information content (AvgIpc) is 2.37. The fourth-order valence-electron chi connectivity index (χ4n) is 1.83. The molecular formula is C15H24FNS. The van der Waals surface area contributed by atoms with Crippen LogP contribution in [0.2, 0.25) is 0 Å². The molecule has 0 spiro atoms. The maximum atomic E-state index is 13.3. The zero-order chi connectivity index (χ0) is 13.2. The van der Waals surface area contributed by atoms with E-state index in [2.05, 4.69) is 11.6 Å². The predicted molar refractivity (Wildman–Crippen MR) is 79.7 cm³/mol. The standard InChI is InChI=1S/C15H24FNS/c1-13-7-8-14(11-15(13)16)12-17-9-5-3-4-6-10-18-2/h7-8,11,17H,3-6,9-10,12H2,1-2H3. The molecular weight excluding hydrogens is 245 g/mol. The van der Waals surface area contributed by atoms with Crippen LogP contribution >= 0.6 is 11.8 Å². The van der Waals surface area contributed by atoms with E-state index < -0.39 is 0 Å². The molecule has 1 rings (SSSR count). The van der Waals surface area contributed by atoms with Crippen molar-refractivity contribution in [2.24, 2.45) is 0 Å². The van der Waals surface area contributed by atoms with Gasteiger partial charge in [0.25, 0.3) is 0 Å². The Hall–Kier alpha value is -0.540. The van der Waals surface area contributed by atoms with E-state index in [0.717, 1.165) is 18.7 Å². The molecule has 0 aliphatic heterocycles. The van der Waals surface area contributed by atoms with Crippen molar-refractivity contribution in [2.45, 2.75) is 39.2 Å². The molecule has 1 aromatic rings. The zero-order valence-electron chi connectivity index (χ0n) is 11.5. The van der Waals surface area contributed by atoms with Crippen LogP contribution in [0.3, 0.4) is 0 Å². The van der Waals surface area contributed by atoms with Gasteiger partial charge in [0.05, 0.1) is 0 Å². The van der Waals surface area contributed by atoms with Crippen molar-refractivity contribution in [3.8, 4) is 0 Å². The normalized spacial score (nSPS) is 10.8. The Balaban J connectivity index is 2.05. The molecule has 0 radical (unpaired) electrons. The average molecular weight is 269 g/mol. The van der Waals surface area contributed by atoms with E-state index in [-0.39, 0.29) is 5.82 Å². The van der Waals surface area contributed by atoms with Crippen LogP contribution in [0.4, 0.5) is 4.39 Å². The number of halogens is 1. The summed E-state index contributed by atoms with van der Waals surface area (Å²) in [6, 6.07) is 5.46. The second-order valence-corrected chi connectivity index (χ2v) is 5.65. The van der Waals surface area contributed by atoms with Crippen LogP contribution in [0.25, 0.3) is 0 Å². The number of rotatable bonds is 9. The molecule has 1 N–H and O–H groups in total. The summed E-state index contributed by atoms with van der Waals surface area (Å²) in [6.07, 6.45) is 7.30. The van der Waals surface area contributed by atoms with Crippen molar-refractivity contribution in [3.05, 3.63) is 35.1 Å². The van der Waals surface area contributed by atoms with Crippen molar-refractivity contribution >= 4 is 11.8 Å². The van der Waals surface area contributed by atoms with Gasteiger partial charge in [-0.3, -0.25) is 0 Å². The number of unbranched alkanes of at least 4 members (excludes halogenated alkanes) is 3. The lowest BCUT2D eigenvalue weighted by atomic mass is 10.1. The van der Waals surface area contributed by atoms with Crippen LogP contribution < -0.4 is 5.32 Å². The molecule has 3 heteroatoms. The molecule has 0 saturated heterocycles. The van der Waals surface area contributed by atoms with Crippen LogP contribution in [0.5, 0.6) is 0 Å². The fourth-order valence-corrected chi connectivity index (χ4v) is 2.32. The summed E-state index contributed by atoms with van der Waals surface area (Å²) in [5, 5.41) is 3.37. The molecule has 0 aliphatic carbocycles. The van der Waals surface area contributed by atoms with Crippen LogP contribution in [0.1, 0.15) is 36.8 Å². The molecule has 0 unspecified atom stereocenters. The Kier molecular flexibility index (Phi) is 8.10. The van der Waals surface area contributed by atoms with E-state index in [0.29, 0.717) is 5.56 Å². The second-order valence-electron chi connectivity index (χ2n) is 4.67. The smallest absolute Gasteiger partial charge is 0.126 e. The molecule has 0 amide bonds. The summed E-state index contributed by atoms with van der Waals surface area (Å²) in [7, 11) is 0. The van der Waals surface area contributed by atoms with E-state index in [9.17, 15) is 4.39 Å². The first-order chi connectivity index (χ1) is 8.74. The van der Waals surface area contributed by atoms with E-state index >= 15 is 0 Å². The summed E-state index contributed by atoms with van der Waals surface area (Å²) in [5.41, 5.74) is 1.74. The quantitative estimate of drug-likeness (QED) is 0.676. The Morgan fingerprint density at radius 1 is 1.17 bits per heavy atom. The van der Waals surface area contributed by atoms with Gasteiger partial charge < -0.3 is 5.32 Å². The summed E-state index contributed by atoms with van der Waals surface area (Å²) in [6.45, 7) is 3.58. The SMILES string of the molecule is CSCCCCCCNCc1ccc(C)c(F)c1. The monoisotopic (exact) mass is 269 g/mol. The number of hydrogen-bond donors (Lipinski definition) is 1. The molecule has 0 bridgehead atoms. The number of thioether (sulfide) groups is 1. The third-order valence-corrected chi connectivity index (χ3v) is 3.71. The molecule has 1 aromatic carbocycles. The van der Waals surface area contributed by atoms with Crippen molar-refractivity contribution in [2.75, 3.05) is 18.6 Å². The van der Waals surface area contributed by atoms with Gasteiger partial charge in [0.2, 0.25) is 0 Å². The van der Waals surface area contributed by atoms with Crippen LogP contribution in [-0.4, -0.2) is 18.6 Å². The van der Waals surface area contributed by atoms with Gasteiger partial charge in [0, 0.05) is 6.54 Å². The number of hydrogen-bond acceptors (Lipinski definition) is 2. The van der Waals surface area contributed by atoms with Crippen LogP contribution in [0.15, 0.2) is 18.2 Å². The number of nitrogens with one attached hydrogen (secondary N) is 1. The molecule has 0 aliphatic rings. The van der Waals surface area contributed by atoms with Gasteiger partial charge in [-0.1, -0.05) is 25.0 Å². The van der Waals surface area contributed by atoms with Gasteiger partial charge in [-0.2, -0.15) is 11.8 Å². The minimum atomic E-state index is -0.105. The number of benzene rings is 1. The first-order valence-electron chi connectivity index (χ1n) is 6.68. The summed E-state index contributed by atoms with van der Waals surface area (Å²) < 4.78 is 13.3. The third kappa shape index (κ3) is 6.41. The molecule has 18 heavy (non-hydrogen) atoms. The highest BCUT2D eigenvalue weighted by Crippen LogP contribution is 2.09. The lowest BCUT2D eigenvalue weighted by molar-refractivity contribution is 0.591. The maximum Gasteiger partial charge on any atom is 0.126 e. The zero-order valence-corrected chi connectivity index (χ0v) is 12.3. The molecule has 0 heterocycles. The first kappa shape index (κ1) is 15.5. The van der Waals surface area contributed by atoms with Gasteiger partial charge in [0.15, 0.2) is 0 Å². The Morgan fingerprint density at radius 2 is 1.94 bits per heavy atom. The van der Waals surface area contributed by atoms with E-state index in [4.69, 9.17) is 0 Å². The van der Waals surface area contributed by atoms with Gasteiger partial charge in [-0.05, 0) is 55.5 Å². The van der Waals surface area contributed by atoms with E-state index in [1.165, 1.54) is 31.4 Å². The molecule has 0 fully saturated rings. The molecule has 1 nitrogen and oxygen atoms in total. The Labute approximate surface area is 115 Å². The van der Waals surface area contributed by atoms with E-state index in [1.54, 1.807) is 13.0 Å². The van der Waals surface area contributed by atoms with Crippen LogP contribution in [0, 0.1) is 12.7 Å². The minimum absolute atomic E-state index is 0.105. The molecule has 102 valence electrons. The summed E-state index contributed by atoms with van der Waals surface area (Å²) in [4.78, 5) is 0. The van der Waals surface area contributed by atoms with Crippen LogP contribution in [-0.2, 0) is 6.54 Å². The van der Waals surface area contributed by atoms with Gasteiger partial charge in [-0.15, -0.1) is 0 Å². The third-order valence-electron chi connectivity index (χ3n) is 3.02. The first-order valence-corrected chi connectivity index (χ1v) is 8.08. The maximum absolute atomic E-state index is 13.3. The van der Waals surface area contributed by atoms with Crippen molar-refractivity contribution in [1.29, 1.82) is 0 Å². The molecule has 0 aromatic heterocycles. The lowest BCUT2D eigenvalue weighted by Gasteiger charge is -2.06. The van der Waals surface area contributed by atoms with Crippen molar-refractivity contribution in [3.63, 3.8) is 0 Å². The predicted octanol–water partition coefficient (Wildman–Crippen LogP) is 4.15. The molecule has 0 atom stereocenters. The summed E-state index contributed by atoms with van der Waals surface area (Å²) >= 11 is 1.92. The van der Waals surface area contributed by atoms with Gasteiger partial charge in [-0.25, -0.2) is 4.39 Å².